The van der Waals surface area contributed by atoms with Crippen molar-refractivity contribution in [2.75, 3.05) is 50.4 Å². The molecule has 8 nitrogen and oxygen atoms in total. The van der Waals surface area contributed by atoms with Gasteiger partial charge >= 0.3 is 0 Å². The fourth-order valence-corrected chi connectivity index (χ4v) is 4.45. The van der Waals surface area contributed by atoms with Crippen LogP contribution >= 0.6 is 11.3 Å². The van der Waals surface area contributed by atoms with Gasteiger partial charge in [0.05, 0.1) is 30.0 Å². The number of benzene rings is 1. The Morgan fingerprint density at radius 1 is 1.19 bits per heavy atom. The molecule has 9 heteroatoms. The monoisotopic (exact) mass is 435 g/mol. The maximum absolute atomic E-state index is 6.56. The zero-order valence-electron chi connectivity index (χ0n) is 17.4. The van der Waals surface area contributed by atoms with E-state index in [0.717, 1.165) is 67.3 Å². The minimum absolute atomic E-state index is 0.543. The van der Waals surface area contributed by atoms with Gasteiger partial charge in [-0.15, -0.1) is 5.10 Å². The van der Waals surface area contributed by atoms with Crippen LogP contribution in [0, 0.1) is 6.92 Å². The third-order valence-corrected chi connectivity index (χ3v) is 6.11. The number of morpholine rings is 1. The first kappa shape index (κ1) is 19.9. The molecule has 1 aliphatic heterocycles. The highest BCUT2D eigenvalue weighted by Gasteiger charge is 2.19. The van der Waals surface area contributed by atoms with Gasteiger partial charge in [-0.2, -0.15) is 16.3 Å². The molecule has 0 atom stereocenters. The molecule has 4 aromatic rings. The Morgan fingerprint density at radius 2 is 2.06 bits per heavy atom. The lowest BCUT2D eigenvalue weighted by atomic mass is 10.1. The van der Waals surface area contributed by atoms with Crippen molar-refractivity contribution in [3.8, 4) is 16.9 Å². The molecule has 31 heavy (non-hydrogen) atoms. The van der Waals surface area contributed by atoms with Crippen LogP contribution in [0.4, 0.5) is 11.8 Å². The standard InChI is InChI=1S/C22H25N7OS/c1-15-3-2-4-17(13-15)29-20(23)18-19(16-5-12-31-14-16)25-22(26-21(18)27-29)24-6-7-28-8-10-30-11-9-28/h2-5,12-14H,6-11,23H2,1H3,(H,24,26,27). The summed E-state index contributed by atoms with van der Waals surface area (Å²) < 4.78 is 7.17. The number of hydrogen-bond acceptors (Lipinski definition) is 8. The molecular weight excluding hydrogens is 410 g/mol. The first-order valence-corrected chi connectivity index (χ1v) is 11.3. The van der Waals surface area contributed by atoms with E-state index in [1.165, 1.54) is 0 Å². The number of nitrogens with zero attached hydrogens (tertiary/aromatic N) is 5. The topological polar surface area (TPSA) is 94.1 Å². The molecule has 0 saturated carbocycles. The number of aryl methyl sites for hydroxylation is 1. The number of anilines is 2. The van der Waals surface area contributed by atoms with Crippen molar-refractivity contribution >= 4 is 34.1 Å². The van der Waals surface area contributed by atoms with Gasteiger partial charge in [-0.25, -0.2) is 9.67 Å². The van der Waals surface area contributed by atoms with Crippen LogP contribution in [0.2, 0.25) is 0 Å². The van der Waals surface area contributed by atoms with Crippen molar-refractivity contribution in [3.05, 3.63) is 46.7 Å². The van der Waals surface area contributed by atoms with Crippen LogP contribution in [-0.2, 0) is 4.74 Å². The summed E-state index contributed by atoms with van der Waals surface area (Å²) in [6, 6.07) is 10.2. The van der Waals surface area contributed by atoms with Gasteiger partial charge in [0, 0.05) is 37.1 Å². The lowest BCUT2D eigenvalue weighted by Crippen LogP contribution is -2.39. The van der Waals surface area contributed by atoms with Crippen molar-refractivity contribution < 1.29 is 4.74 Å². The predicted octanol–water partition coefficient (Wildman–Crippen LogP) is 3.18. The average molecular weight is 436 g/mol. The van der Waals surface area contributed by atoms with E-state index in [-0.39, 0.29) is 0 Å². The van der Waals surface area contributed by atoms with E-state index in [9.17, 15) is 0 Å². The number of hydrogen-bond donors (Lipinski definition) is 2. The molecule has 1 aliphatic rings. The molecule has 160 valence electrons. The van der Waals surface area contributed by atoms with Crippen molar-refractivity contribution in [2.45, 2.75) is 6.92 Å². The van der Waals surface area contributed by atoms with Gasteiger partial charge in [0.25, 0.3) is 0 Å². The van der Waals surface area contributed by atoms with E-state index in [0.29, 0.717) is 17.4 Å². The first-order chi connectivity index (χ1) is 15.2. The Kier molecular flexibility index (Phi) is 5.54. The van der Waals surface area contributed by atoms with Crippen LogP contribution in [0.1, 0.15) is 5.56 Å². The van der Waals surface area contributed by atoms with E-state index >= 15 is 0 Å². The normalized spacial score (nSPS) is 14.9. The van der Waals surface area contributed by atoms with Crippen LogP contribution in [0.25, 0.3) is 28.0 Å². The van der Waals surface area contributed by atoms with E-state index in [1.807, 2.05) is 23.6 Å². The third-order valence-electron chi connectivity index (χ3n) is 5.42. The average Bonchev–Trinajstić information content (AvgIpc) is 3.43. The first-order valence-electron chi connectivity index (χ1n) is 10.4. The van der Waals surface area contributed by atoms with Crippen molar-refractivity contribution in [1.82, 2.24) is 24.6 Å². The third kappa shape index (κ3) is 4.12. The van der Waals surface area contributed by atoms with Gasteiger partial charge in [0.1, 0.15) is 5.82 Å². The minimum atomic E-state index is 0.543. The molecule has 0 aliphatic carbocycles. The van der Waals surface area contributed by atoms with Gasteiger partial charge < -0.3 is 15.8 Å². The van der Waals surface area contributed by atoms with Crippen molar-refractivity contribution in [3.63, 3.8) is 0 Å². The summed E-state index contributed by atoms with van der Waals surface area (Å²) in [5, 5.41) is 13.0. The van der Waals surface area contributed by atoms with Crippen LogP contribution in [0.15, 0.2) is 41.1 Å². The summed E-state index contributed by atoms with van der Waals surface area (Å²) in [4.78, 5) is 11.9. The summed E-state index contributed by atoms with van der Waals surface area (Å²) in [6.45, 7) is 7.22. The lowest BCUT2D eigenvalue weighted by molar-refractivity contribution is 0.0398. The predicted molar refractivity (Wildman–Crippen MR) is 125 cm³/mol. The molecule has 1 aromatic carbocycles. The number of fused-ring (bicyclic) bond motifs is 1. The fourth-order valence-electron chi connectivity index (χ4n) is 3.81. The molecular formula is C22H25N7OS. The SMILES string of the molecule is Cc1cccc(-n2nc3nc(NCCN4CCOCC4)nc(-c4ccsc4)c3c2N)c1. The van der Waals surface area contributed by atoms with Crippen molar-refractivity contribution in [2.24, 2.45) is 0 Å². The maximum atomic E-state index is 6.56. The van der Waals surface area contributed by atoms with Gasteiger partial charge in [-0.3, -0.25) is 4.90 Å². The Bertz CT molecular complexity index is 1180. The second-order valence-corrected chi connectivity index (χ2v) is 8.40. The quantitative estimate of drug-likeness (QED) is 0.480. The highest BCUT2D eigenvalue weighted by Crippen LogP contribution is 2.33. The number of rotatable bonds is 6. The van der Waals surface area contributed by atoms with E-state index in [2.05, 4.69) is 39.6 Å². The van der Waals surface area contributed by atoms with E-state index in [4.69, 9.17) is 20.6 Å². The molecule has 1 saturated heterocycles. The zero-order valence-corrected chi connectivity index (χ0v) is 18.2. The Labute approximate surface area is 184 Å². The second kappa shape index (κ2) is 8.62. The van der Waals surface area contributed by atoms with Crippen LogP contribution in [0.3, 0.4) is 0 Å². The highest BCUT2D eigenvalue weighted by molar-refractivity contribution is 7.08. The molecule has 0 spiro atoms. The van der Waals surface area contributed by atoms with Crippen LogP contribution in [0.5, 0.6) is 0 Å². The van der Waals surface area contributed by atoms with Crippen LogP contribution < -0.4 is 11.1 Å². The summed E-state index contributed by atoms with van der Waals surface area (Å²) >= 11 is 1.63. The number of thiophene rings is 1. The van der Waals surface area contributed by atoms with Crippen LogP contribution in [-0.4, -0.2) is 64.0 Å². The maximum Gasteiger partial charge on any atom is 0.225 e. The molecule has 0 bridgehead atoms. The zero-order chi connectivity index (χ0) is 21.2. The summed E-state index contributed by atoms with van der Waals surface area (Å²) in [5.41, 5.74) is 11.0. The van der Waals surface area contributed by atoms with E-state index in [1.54, 1.807) is 16.0 Å². The number of ether oxygens (including phenoxy) is 1. The molecule has 0 unspecified atom stereocenters. The molecule has 0 radical (unpaired) electrons. The number of nitrogen functional groups attached to an aromatic ring is 1. The second-order valence-electron chi connectivity index (χ2n) is 7.62. The molecule has 4 heterocycles. The van der Waals surface area contributed by atoms with Gasteiger partial charge in [0.15, 0.2) is 5.65 Å². The van der Waals surface area contributed by atoms with Gasteiger partial charge in [-0.1, -0.05) is 12.1 Å². The number of nitrogens with one attached hydrogen (secondary N) is 1. The fraction of sp³-hybridized carbons (Fsp3) is 0.318. The molecule has 3 aromatic heterocycles. The highest BCUT2D eigenvalue weighted by atomic mass is 32.1. The Morgan fingerprint density at radius 3 is 2.84 bits per heavy atom. The largest absolute Gasteiger partial charge is 0.383 e. The summed E-state index contributed by atoms with van der Waals surface area (Å²) in [5.74, 6) is 1.11. The minimum Gasteiger partial charge on any atom is -0.383 e. The molecule has 5 rings (SSSR count). The summed E-state index contributed by atoms with van der Waals surface area (Å²) in [6.07, 6.45) is 0. The Balaban J connectivity index is 1.51. The lowest BCUT2D eigenvalue weighted by Gasteiger charge is -2.26. The molecule has 3 N–H and O–H groups in total. The van der Waals surface area contributed by atoms with Gasteiger partial charge in [0.2, 0.25) is 5.95 Å². The number of nitrogens with two attached hydrogens (primary N) is 1. The molecule has 1 fully saturated rings. The Hall–Kier alpha value is -3.01. The summed E-state index contributed by atoms with van der Waals surface area (Å²) in [7, 11) is 0. The van der Waals surface area contributed by atoms with Crippen molar-refractivity contribution in [1.29, 1.82) is 0 Å². The molecule has 0 amide bonds. The number of aromatic nitrogens is 4. The smallest absolute Gasteiger partial charge is 0.225 e. The van der Waals surface area contributed by atoms with E-state index < -0.39 is 0 Å². The van der Waals surface area contributed by atoms with Gasteiger partial charge in [-0.05, 0) is 36.1 Å².